The number of hydrogen-bond donors (Lipinski definition) is 2. The van der Waals surface area contributed by atoms with Crippen LogP contribution in [0.4, 0.5) is 5.82 Å². The van der Waals surface area contributed by atoms with Crippen molar-refractivity contribution in [2.45, 2.75) is 17.7 Å². The fraction of sp³-hybridized carbons (Fsp3) is 0.154. The van der Waals surface area contributed by atoms with Crippen LogP contribution in [0.15, 0.2) is 58.2 Å². The third-order valence-electron chi connectivity index (χ3n) is 5.23. The number of benzene rings is 2. The standard InChI is InChI=1S/C26H20ClN5O3S/c1-15-10-17(4-7-22(15)27)25-31-18(13-35-25)14-36-26-21(12-29)23(20(11-28)24(30)32-26)16-2-5-19(6-3-16)34-9-8-33/h2-7,10,13,33H,8-9,14H2,1H3,(H2,30,32). The van der Waals surface area contributed by atoms with Crippen LogP contribution in [-0.4, -0.2) is 28.3 Å². The Morgan fingerprint density at radius 3 is 2.47 bits per heavy atom. The molecule has 0 aliphatic rings. The van der Waals surface area contributed by atoms with Gasteiger partial charge in [0.2, 0.25) is 5.89 Å². The van der Waals surface area contributed by atoms with E-state index in [9.17, 15) is 10.5 Å². The Hall–Kier alpha value is -4.02. The van der Waals surface area contributed by atoms with Crippen molar-refractivity contribution in [3.63, 3.8) is 0 Å². The summed E-state index contributed by atoms with van der Waals surface area (Å²) in [6.45, 7) is 1.96. The second kappa shape index (κ2) is 11.1. The molecule has 0 fully saturated rings. The number of pyridine rings is 1. The van der Waals surface area contributed by atoms with Gasteiger partial charge in [0.25, 0.3) is 0 Å². The maximum absolute atomic E-state index is 9.99. The van der Waals surface area contributed by atoms with Crippen molar-refractivity contribution in [3.8, 4) is 40.5 Å². The summed E-state index contributed by atoms with van der Waals surface area (Å²) >= 11 is 7.38. The van der Waals surface area contributed by atoms with Gasteiger partial charge in [-0.3, -0.25) is 0 Å². The number of nitrogens with zero attached hydrogens (tertiary/aromatic N) is 4. The zero-order chi connectivity index (χ0) is 25.7. The second-order valence-electron chi connectivity index (χ2n) is 7.64. The van der Waals surface area contributed by atoms with Crippen molar-refractivity contribution in [1.82, 2.24) is 9.97 Å². The molecule has 2 aromatic heterocycles. The SMILES string of the molecule is Cc1cc(-c2nc(CSc3nc(N)c(C#N)c(-c4ccc(OCCO)cc4)c3C#N)co2)ccc1Cl. The lowest BCUT2D eigenvalue weighted by atomic mass is 9.97. The van der Waals surface area contributed by atoms with Gasteiger partial charge >= 0.3 is 0 Å². The zero-order valence-corrected chi connectivity index (χ0v) is 20.7. The lowest BCUT2D eigenvalue weighted by Crippen LogP contribution is -2.04. The van der Waals surface area contributed by atoms with Crippen molar-refractivity contribution >= 4 is 29.2 Å². The average Bonchev–Trinajstić information content (AvgIpc) is 3.37. The quantitative estimate of drug-likeness (QED) is 0.295. The first-order valence-electron chi connectivity index (χ1n) is 10.8. The van der Waals surface area contributed by atoms with E-state index in [-0.39, 0.29) is 30.2 Å². The molecule has 2 heterocycles. The molecule has 0 saturated heterocycles. The number of aliphatic hydroxyl groups excluding tert-OH is 1. The number of halogens is 1. The lowest BCUT2D eigenvalue weighted by molar-refractivity contribution is 0.201. The minimum Gasteiger partial charge on any atom is -0.491 e. The van der Waals surface area contributed by atoms with Gasteiger partial charge in [-0.15, -0.1) is 0 Å². The van der Waals surface area contributed by atoms with E-state index < -0.39 is 0 Å². The Balaban J connectivity index is 1.63. The summed E-state index contributed by atoms with van der Waals surface area (Å²) < 4.78 is 11.0. The van der Waals surface area contributed by atoms with Gasteiger partial charge in [0.15, 0.2) is 0 Å². The number of aryl methyl sites for hydroxylation is 1. The Labute approximate surface area is 216 Å². The number of rotatable bonds is 8. The first-order chi connectivity index (χ1) is 17.4. The van der Waals surface area contributed by atoms with Crippen LogP contribution in [0.2, 0.25) is 5.02 Å². The predicted octanol–water partition coefficient (Wildman–Crippen LogP) is 5.35. The van der Waals surface area contributed by atoms with Crippen LogP contribution in [-0.2, 0) is 5.75 Å². The molecule has 4 rings (SSSR count). The number of hydrogen-bond acceptors (Lipinski definition) is 9. The smallest absolute Gasteiger partial charge is 0.226 e. The van der Waals surface area contributed by atoms with Crippen LogP contribution >= 0.6 is 23.4 Å². The summed E-state index contributed by atoms with van der Waals surface area (Å²) in [5.41, 5.74) is 9.88. The molecule has 4 aromatic rings. The number of oxazole rings is 1. The van der Waals surface area contributed by atoms with E-state index in [1.165, 1.54) is 11.8 Å². The number of nitrogens with two attached hydrogens (primary N) is 1. The molecular weight excluding hydrogens is 498 g/mol. The Kier molecular flexibility index (Phi) is 7.77. The third kappa shape index (κ3) is 5.29. The first-order valence-corrected chi connectivity index (χ1v) is 12.1. The van der Waals surface area contributed by atoms with Crippen LogP contribution in [0.3, 0.4) is 0 Å². The number of aliphatic hydroxyl groups is 1. The highest BCUT2D eigenvalue weighted by Gasteiger charge is 2.21. The summed E-state index contributed by atoms with van der Waals surface area (Å²) in [5, 5.41) is 29.7. The number of nitriles is 2. The fourth-order valence-electron chi connectivity index (χ4n) is 3.50. The summed E-state index contributed by atoms with van der Waals surface area (Å²) in [5.74, 6) is 1.42. The van der Waals surface area contributed by atoms with Gasteiger partial charge < -0.3 is 20.0 Å². The van der Waals surface area contributed by atoms with Crippen LogP contribution in [0.5, 0.6) is 5.75 Å². The van der Waals surface area contributed by atoms with Gasteiger partial charge in [0.1, 0.15) is 47.2 Å². The highest BCUT2D eigenvalue weighted by Crippen LogP contribution is 2.37. The van der Waals surface area contributed by atoms with E-state index in [4.69, 9.17) is 31.6 Å². The Bertz CT molecular complexity index is 1490. The number of aromatic nitrogens is 2. The molecule has 0 atom stereocenters. The minimum atomic E-state index is -0.104. The van der Waals surface area contributed by atoms with E-state index >= 15 is 0 Å². The molecule has 10 heteroatoms. The van der Waals surface area contributed by atoms with Gasteiger partial charge in [-0.05, 0) is 48.4 Å². The normalized spacial score (nSPS) is 10.6. The zero-order valence-electron chi connectivity index (χ0n) is 19.2. The highest BCUT2D eigenvalue weighted by atomic mass is 35.5. The van der Waals surface area contributed by atoms with Gasteiger partial charge in [0, 0.05) is 21.9 Å². The van der Waals surface area contributed by atoms with E-state index in [0.717, 1.165) is 11.1 Å². The third-order valence-corrected chi connectivity index (χ3v) is 6.67. The summed E-state index contributed by atoms with van der Waals surface area (Å²) in [7, 11) is 0. The minimum absolute atomic E-state index is 0.0343. The fourth-order valence-corrected chi connectivity index (χ4v) is 4.49. The van der Waals surface area contributed by atoms with E-state index in [1.54, 1.807) is 36.6 Å². The maximum atomic E-state index is 9.99. The topological polar surface area (TPSA) is 142 Å². The van der Waals surface area contributed by atoms with Gasteiger partial charge in [0.05, 0.1) is 17.9 Å². The number of thioether (sulfide) groups is 1. The number of ether oxygens (including phenoxy) is 1. The molecule has 0 saturated carbocycles. The summed E-state index contributed by atoms with van der Waals surface area (Å²) in [6.07, 6.45) is 1.55. The van der Waals surface area contributed by atoms with Crippen molar-refractivity contribution in [3.05, 3.63) is 76.1 Å². The molecular formula is C26H20ClN5O3S. The second-order valence-corrected chi connectivity index (χ2v) is 9.02. The molecule has 36 heavy (non-hydrogen) atoms. The Morgan fingerprint density at radius 2 is 1.81 bits per heavy atom. The lowest BCUT2D eigenvalue weighted by Gasteiger charge is -2.13. The molecule has 8 nitrogen and oxygen atoms in total. The molecule has 0 radical (unpaired) electrons. The van der Waals surface area contributed by atoms with Gasteiger partial charge in [-0.25, -0.2) is 9.97 Å². The summed E-state index contributed by atoms with van der Waals surface area (Å²) in [4.78, 5) is 8.87. The molecule has 0 spiro atoms. The molecule has 2 aromatic carbocycles. The molecule has 0 aliphatic heterocycles. The van der Waals surface area contributed by atoms with Gasteiger partial charge in [-0.1, -0.05) is 35.5 Å². The van der Waals surface area contributed by atoms with Crippen LogP contribution in [0.25, 0.3) is 22.6 Å². The van der Waals surface area contributed by atoms with E-state index in [0.29, 0.717) is 44.3 Å². The largest absolute Gasteiger partial charge is 0.491 e. The van der Waals surface area contributed by atoms with Crippen molar-refractivity contribution < 1.29 is 14.3 Å². The first kappa shape index (κ1) is 25.1. The number of anilines is 1. The van der Waals surface area contributed by atoms with E-state index in [1.807, 2.05) is 19.1 Å². The van der Waals surface area contributed by atoms with Crippen LogP contribution in [0.1, 0.15) is 22.4 Å². The number of nitrogen functional groups attached to an aromatic ring is 1. The molecule has 0 amide bonds. The predicted molar refractivity (Wildman–Crippen MR) is 137 cm³/mol. The highest BCUT2D eigenvalue weighted by molar-refractivity contribution is 7.98. The summed E-state index contributed by atoms with van der Waals surface area (Å²) in [6, 6.07) is 16.6. The van der Waals surface area contributed by atoms with Crippen molar-refractivity contribution in [1.29, 1.82) is 10.5 Å². The molecule has 0 aliphatic carbocycles. The van der Waals surface area contributed by atoms with Crippen molar-refractivity contribution in [2.75, 3.05) is 18.9 Å². The molecule has 180 valence electrons. The van der Waals surface area contributed by atoms with Crippen LogP contribution < -0.4 is 10.5 Å². The monoisotopic (exact) mass is 517 g/mol. The van der Waals surface area contributed by atoms with Crippen molar-refractivity contribution in [2.24, 2.45) is 0 Å². The van der Waals surface area contributed by atoms with Gasteiger partial charge in [-0.2, -0.15) is 10.5 Å². The maximum Gasteiger partial charge on any atom is 0.226 e. The average molecular weight is 518 g/mol. The molecule has 0 bridgehead atoms. The Morgan fingerprint density at radius 1 is 1.08 bits per heavy atom. The van der Waals surface area contributed by atoms with Crippen LogP contribution in [0, 0.1) is 29.6 Å². The molecule has 0 unspecified atom stereocenters. The molecule has 3 N–H and O–H groups in total. The van der Waals surface area contributed by atoms with E-state index in [2.05, 4.69) is 22.1 Å².